The highest BCUT2D eigenvalue weighted by Crippen LogP contribution is 2.27. The van der Waals surface area contributed by atoms with Crippen molar-refractivity contribution in [1.29, 1.82) is 0 Å². The van der Waals surface area contributed by atoms with Gasteiger partial charge in [-0.3, -0.25) is 4.99 Å². The van der Waals surface area contributed by atoms with Crippen LogP contribution in [0.15, 0.2) is 29.3 Å². The molecule has 0 radical (unpaired) electrons. The van der Waals surface area contributed by atoms with Gasteiger partial charge in [0.25, 0.3) is 0 Å². The predicted octanol–water partition coefficient (Wildman–Crippen LogP) is 5.14. The second kappa shape index (κ2) is 11.2. The maximum absolute atomic E-state index is 13.3. The minimum atomic E-state index is -0.745. The molecular formula is C26H41N3O5. The summed E-state index contributed by atoms with van der Waals surface area (Å²) in [6.45, 7) is 15.3. The average Bonchev–Trinajstić information content (AvgIpc) is 2.69. The Bertz CT molecular complexity index is 883. The first-order valence-corrected chi connectivity index (χ1v) is 11.9. The Kier molecular flexibility index (Phi) is 9.11. The molecule has 190 valence electrons. The molecular weight excluding hydrogens is 434 g/mol. The second-order valence-corrected chi connectivity index (χ2v) is 11.0. The van der Waals surface area contributed by atoms with E-state index in [2.05, 4.69) is 25.3 Å². The lowest BCUT2D eigenvalue weighted by Crippen LogP contribution is -2.58. The van der Waals surface area contributed by atoms with E-state index in [1.54, 1.807) is 48.7 Å². The number of fused-ring (bicyclic) bond motifs is 1. The topological polar surface area (TPSA) is 89.5 Å². The van der Waals surface area contributed by atoms with Gasteiger partial charge in [-0.25, -0.2) is 20.0 Å². The summed E-state index contributed by atoms with van der Waals surface area (Å²) in [6.07, 6.45) is -0.0915. The zero-order chi connectivity index (χ0) is 25.7. The monoisotopic (exact) mass is 475 g/mol. The first-order chi connectivity index (χ1) is 15.7. The number of hydrogen-bond acceptors (Lipinski definition) is 6. The van der Waals surface area contributed by atoms with Crippen molar-refractivity contribution in [3.63, 3.8) is 0 Å². The minimum absolute atomic E-state index is 0.115. The fourth-order valence-electron chi connectivity index (χ4n) is 3.69. The molecule has 1 N–H and O–H groups in total. The molecule has 0 fully saturated rings. The minimum Gasteiger partial charge on any atom is -0.443 e. The van der Waals surface area contributed by atoms with Gasteiger partial charge < -0.3 is 14.2 Å². The van der Waals surface area contributed by atoms with Crippen molar-refractivity contribution in [3.8, 4) is 0 Å². The molecule has 0 unspecified atom stereocenters. The Morgan fingerprint density at radius 2 is 1.71 bits per heavy atom. The fraction of sp³-hybridized carbons (Fsp3) is 0.654. The van der Waals surface area contributed by atoms with Crippen LogP contribution in [0.2, 0.25) is 0 Å². The molecule has 2 atom stereocenters. The Morgan fingerprint density at radius 3 is 2.26 bits per heavy atom. The number of carbonyl (C=O) groups is 2. The molecule has 2 amide bonds. The molecule has 1 aliphatic rings. The van der Waals surface area contributed by atoms with Crippen molar-refractivity contribution < 1.29 is 23.8 Å². The Labute approximate surface area is 204 Å². The zero-order valence-electron chi connectivity index (χ0n) is 22.1. The third kappa shape index (κ3) is 8.01. The molecule has 0 aromatic heterocycles. The van der Waals surface area contributed by atoms with Crippen LogP contribution in [0.3, 0.4) is 0 Å². The molecule has 2 rings (SSSR count). The van der Waals surface area contributed by atoms with E-state index in [4.69, 9.17) is 19.2 Å². The summed E-state index contributed by atoms with van der Waals surface area (Å²) in [6, 6.07) is 7.38. The van der Waals surface area contributed by atoms with Crippen molar-refractivity contribution in [1.82, 2.24) is 10.4 Å². The summed E-state index contributed by atoms with van der Waals surface area (Å²) in [5.74, 6) is 0.219. The van der Waals surface area contributed by atoms with Crippen LogP contribution in [0.4, 0.5) is 9.59 Å². The van der Waals surface area contributed by atoms with Gasteiger partial charge in [-0.1, -0.05) is 38.1 Å². The molecule has 8 nitrogen and oxygen atoms in total. The molecule has 34 heavy (non-hydrogen) atoms. The number of ether oxygens (including phenoxy) is 3. The van der Waals surface area contributed by atoms with Crippen LogP contribution < -0.4 is 5.43 Å². The van der Waals surface area contributed by atoms with E-state index in [-0.39, 0.29) is 12.0 Å². The van der Waals surface area contributed by atoms with E-state index in [1.807, 2.05) is 18.2 Å². The number of aryl methyl sites for hydroxylation is 1. The van der Waals surface area contributed by atoms with Gasteiger partial charge in [-0.05, 0) is 65.9 Å². The van der Waals surface area contributed by atoms with Crippen LogP contribution >= 0.6 is 0 Å². The third-order valence-electron chi connectivity index (χ3n) is 5.22. The average molecular weight is 476 g/mol. The number of nitrogens with one attached hydrogen (secondary N) is 1. The molecule has 0 spiro atoms. The molecule has 0 bridgehead atoms. The highest BCUT2D eigenvalue weighted by molar-refractivity contribution is 6.07. The quantitative estimate of drug-likeness (QED) is 0.596. The number of carbonyl (C=O) groups excluding carboxylic acids is 2. The number of nitrogens with zero attached hydrogens (tertiary/aromatic N) is 2. The molecule has 0 heterocycles. The number of hydrogen-bond donors (Lipinski definition) is 1. The van der Waals surface area contributed by atoms with Crippen LogP contribution in [0.5, 0.6) is 0 Å². The zero-order valence-corrected chi connectivity index (χ0v) is 22.1. The van der Waals surface area contributed by atoms with E-state index >= 15 is 0 Å². The first kappa shape index (κ1) is 27.6. The summed E-state index contributed by atoms with van der Waals surface area (Å²) in [4.78, 5) is 31.1. The van der Waals surface area contributed by atoms with Crippen LogP contribution in [0, 0.1) is 5.92 Å². The number of benzene rings is 1. The van der Waals surface area contributed by atoms with Crippen molar-refractivity contribution in [2.24, 2.45) is 10.9 Å². The number of amides is 2. The number of aliphatic imine (C=N–C) groups is 1. The highest BCUT2D eigenvalue weighted by Gasteiger charge is 2.38. The van der Waals surface area contributed by atoms with Crippen molar-refractivity contribution in [2.75, 3.05) is 13.7 Å². The molecule has 0 saturated carbocycles. The van der Waals surface area contributed by atoms with Crippen molar-refractivity contribution in [2.45, 2.75) is 91.5 Å². The highest BCUT2D eigenvalue weighted by atomic mass is 16.6. The Balaban J connectivity index is 2.55. The third-order valence-corrected chi connectivity index (χ3v) is 5.22. The lowest BCUT2D eigenvalue weighted by molar-refractivity contribution is -0.00405. The Hall–Kier alpha value is -2.61. The first-order valence-electron chi connectivity index (χ1n) is 11.9. The van der Waals surface area contributed by atoms with Gasteiger partial charge in [-0.15, -0.1) is 0 Å². The van der Waals surface area contributed by atoms with Gasteiger partial charge in [0.15, 0.2) is 0 Å². The van der Waals surface area contributed by atoms with E-state index in [0.29, 0.717) is 13.0 Å². The lowest BCUT2D eigenvalue weighted by atomic mass is 9.85. The largest absolute Gasteiger partial charge is 0.443 e. The SMILES string of the molecule is COC[C@@H](N=C1c2ccccc2CC[C@@H]1N(NC(=O)OC(C)(C)C)C(=O)OC(C)(C)C)C(C)C. The van der Waals surface area contributed by atoms with Crippen molar-refractivity contribution in [3.05, 3.63) is 35.4 Å². The normalized spacial score (nSPS) is 18.3. The molecule has 1 aliphatic carbocycles. The summed E-state index contributed by atoms with van der Waals surface area (Å²) in [7, 11) is 1.65. The van der Waals surface area contributed by atoms with Crippen LogP contribution in [0.1, 0.15) is 72.9 Å². The van der Waals surface area contributed by atoms with Gasteiger partial charge in [0.2, 0.25) is 0 Å². The summed E-state index contributed by atoms with van der Waals surface area (Å²) in [5, 5.41) is 1.23. The number of rotatable bonds is 5. The molecule has 8 heteroatoms. The van der Waals surface area contributed by atoms with E-state index in [1.165, 1.54) is 5.01 Å². The maximum Gasteiger partial charge on any atom is 0.429 e. The maximum atomic E-state index is 13.3. The van der Waals surface area contributed by atoms with E-state index in [9.17, 15) is 9.59 Å². The second-order valence-electron chi connectivity index (χ2n) is 11.0. The van der Waals surface area contributed by atoms with E-state index < -0.39 is 29.4 Å². The number of hydrazine groups is 1. The molecule has 1 aromatic rings. The standard InChI is InChI=1S/C26H41N3O5/c1-17(2)20(16-32-9)27-22-19-13-11-10-12-18(19)14-15-21(22)29(24(31)34-26(6,7)8)28-23(30)33-25(3,4)5/h10-13,17,20-21H,14-16H2,1-9H3,(H,28,30)/t20-,21+/m1/s1. The van der Waals surface area contributed by atoms with E-state index in [0.717, 1.165) is 23.3 Å². The van der Waals surface area contributed by atoms with Gasteiger partial charge in [0.1, 0.15) is 11.2 Å². The summed E-state index contributed by atoms with van der Waals surface area (Å²) >= 11 is 0. The van der Waals surface area contributed by atoms with Crippen LogP contribution in [-0.2, 0) is 20.6 Å². The van der Waals surface area contributed by atoms with Gasteiger partial charge in [-0.2, -0.15) is 0 Å². The van der Waals surface area contributed by atoms with Gasteiger partial charge in [0.05, 0.1) is 24.4 Å². The van der Waals surface area contributed by atoms with Gasteiger partial charge in [0, 0.05) is 12.7 Å². The molecule has 0 saturated heterocycles. The fourth-order valence-corrected chi connectivity index (χ4v) is 3.69. The van der Waals surface area contributed by atoms with Gasteiger partial charge >= 0.3 is 12.2 Å². The lowest BCUT2D eigenvalue weighted by Gasteiger charge is -2.37. The summed E-state index contributed by atoms with van der Waals surface area (Å²) in [5.41, 5.74) is 4.01. The predicted molar refractivity (Wildman–Crippen MR) is 133 cm³/mol. The van der Waals surface area contributed by atoms with Crippen molar-refractivity contribution >= 4 is 17.9 Å². The summed E-state index contributed by atoms with van der Waals surface area (Å²) < 4.78 is 16.5. The number of methoxy groups -OCH3 is 1. The molecule has 1 aromatic carbocycles. The Morgan fingerprint density at radius 1 is 1.09 bits per heavy atom. The smallest absolute Gasteiger partial charge is 0.429 e. The van der Waals surface area contributed by atoms with Crippen LogP contribution in [0.25, 0.3) is 0 Å². The van der Waals surface area contributed by atoms with Crippen LogP contribution in [-0.4, -0.2) is 59.9 Å². The molecule has 0 aliphatic heterocycles.